The molecule has 0 bridgehead atoms. The van der Waals surface area contributed by atoms with Crippen molar-refractivity contribution in [1.29, 1.82) is 0 Å². The zero-order chi connectivity index (χ0) is 14.0. The van der Waals surface area contributed by atoms with Gasteiger partial charge in [-0.15, -0.1) is 0 Å². The number of anilines is 1. The van der Waals surface area contributed by atoms with E-state index in [0.29, 0.717) is 0 Å². The molecule has 1 N–H and O–H groups in total. The van der Waals surface area contributed by atoms with Gasteiger partial charge < -0.3 is 10.2 Å². The summed E-state index contributed by atoms with van der Waals surface area (Å²) < 4.78 is 1.28. The molecule has 104 valence electrons. The van der Waals surface area contributed by atoms with Gasteiger partial charge in [-0.2, -0.15) is 0 Å². The summed E-state index contributed by atoms with van der Waals surface area (Å²) >= 11 is 2.35. The van der Waals surface area contributed by atoms with Gasteiger partial charge in [-0.05, 0) is 59.3 Å². The van der Waals surface area contributed by atoms with Gasteiger partial charge in [-0.3, -0.25) is 0 Å². The van der Waals surface area contributed by atoms with Gasteiger partial charge in [0.15, 0.2) is 0 Å². The Bertz CT molecular complexity index is 567. The van der Waals surface area contributed by atoms with E-state index in [0.717, 1.165) is 19.6 Å². The van der Waals surface area contributed by atoms with E-state index in [1.54, 1.807) is 0 Å². The summed E-state index contributed by atoms with van der Waals surface area (Å²) in [6.07, 6.45) is 0. The molecule has 0 saturated carbocycles. The standard InChI is InChI=1S/C17H19IN2/c1-17(14-5-3-2-4-6-14)13-20(12-11-19-17)16-9-7-15(18)8-10-16/h2-10,19H,11-13H2,1H3. The van der Waals surface area contributed by atoms with Gasteiger partial charge in [0.05, 0.1) is 5.54 Å². The van der Waals surface area contributed by atoms with Crippen molar-refractivity contribution in [3.8, 4) is 0 Å². The molecule has 2 aromatic rings. The average Bonchev–Trinajstić information content (AvgIpc) is 2.49. The third-order valence-electron chi connectivity index (χ3n) is 4.01. The molecule has 0 radical (unpaired) electrons. The quantitative estimate of drug-likeness (QED) is 0.804. The van der Waals surface area contributed by atoms with E-state index in [1.807, 2.05) is 0 Å². The maximum absolute atomic E-state index is 3.68. The van der Waals surface area contributed by atoms with Gasteiger partial charge in [0.2, 0.25) is 0 Å². The van der Waals surface area contributed by atoms with Gasteiger partial charge >= 0.3 is 0 Å². The van der Waals surface area contributed by atoms with Crippen molar-refractivity contribution >= 4 is 28.3 Å². The van der Waals surface area contributed by atoms with Crippen molar-refractivity contribution in [2.75, 3.05) is 24.5 Å². The summed E-state index contributed by atoms with van der Waals surface area (Å²) in [5.41, 5.74) is 2.69. The Morgan fingerprint density at radius 3 is 2.45 bits per heavy atom. The van der Waals surface area contributed by atoms with Crippen molar-refractivity contribution in [3.05, 3.63) is 63.7 Å². The molecule has 1 heterocycles. The summed E-state index contributed by atoms with van der Waals surface area (Å²) in [6, 6.07) is 19.5. The molecule has 3 rings (SSSR count). The molecule has 1 aliphatic heterocycles. The van der Waals surface area contributed by atoms with Crippen LogP contribution in [0.4, 0.5) is 5.69 Å². The van der Waals surface area contributed by atoms with E-state index in [1.165, 1.54) is 14.8 Å². The summed E-state index contributed by atoms with van der Waals surface area (Å²) in [4.78, 5) is 2.47. The Morgan fingerprint density at radius 2 is 1.75 bits per heavy atom. The molecule has 20 heavy (non-hydrogen) atoms. The van der Waals surface area contributed by atoms with Crippen LogP contribution in [0.2, 0.25) is 0 Å². The van der Waals surface area contributed by atoms with Crippen LogP contribution in [0.15, 0.2) is 54.6 Å². The number of piperazine rings is 1. The second-order valence-electron chi connectivity index (χ2n) is 5.52. The van der Waals surface area contributed by atoms with Crippen molar-refractivity contribution in [3.63, 3.8) is 0 Å². The largest absolute Gasteiger partial charge is 0.368 e. The molecule has 1 fully saturated rings. The van der Waals surface area contributed by atoms with E-state index in [-0.39, 0.29) is 5.54 Å². The highest BCUT2D eigenvalue weighted by Crippen LogP contribution is 2.27. The molecule has 1 atom stereocenters. The van der Waals surface area contributed by atoms with E-state index in [9.17, 15) is 0 Å². The first-order chi connectivity index (χ1) is 9.67. The Balaban J connectivity index is 1.84. The lowest BCUT2D eigenvalue weighted by Crippen LogP contribution is -2.56. The lowest BCUT2D eigenvalue weighted by Gasteiger charge is -2.43. The molecular weight excluding hydrogens is 359 g/mol. The number of nitrogens with one attached hydrogen (secondary N) is 1. The second kappa shape index (κ2) is 5.74. The SMILES string of the molecule is CC1(c2ccccc2)CN(c2ccc(I)cc2)CCN1. The topological polar surface area (TPSA) is 15.3 Å². The molecular formula is C17H19IN2. The molecule has 3 heteroatoms. The molecule has 0 aliphatic carbocycles. The maximum atomic E-state index is 3.68. The third kappa shape index (κ3) is 2.83. The summed E-state index contributed by atoms with van der Waals surface area (Å²) in [5.74, 6) is 0. The first-order valence-electron chi connectivity index (χ1n) is 6.98. The lowest BCUT2D eigenvalue weighted by molar-refractivity contribution is 0.332. The highest BCUT2D eigenvalue weighted by molar-refractivity contribution is 14.1. The van der Waals surface area contributed by atoms with Crippen LogP contribution in [0.1, 0.15) is 12.5 Å². The van der Waals surface area contributed by atoms with Crippen molar-refractivity contribution in [1.82, 2.24) is 5.32 Å². The molecule has 1 saturated heterocycles. The van der Waals surface area contributed by atoms with Crippen LogP contribution in [-0.2, 0) is 5.54 Å². The highest BCUT2D eigenvalue weighted by atomic mass is 127. The zero-order valence-corrected chi connectivity index (χ0v) is 13.8. The van der Waals surface area contributed by atoms with E-state index in [4.69, 9.17) is 0 Å². The van der Waals surface area contributed by atoms with Crippen LogP contribution in [0.3, 0.4) is 0 Å². The minimum Gasteiger partial charge on any atom is -0.368 e. The summed E-state index contributed by atoms with van der Waals surface area (Å²) in [6.45, 7) is 5.36. The van der Waals surface area contributed by atoms with Crippen molar-refractivity contribution < 1.29 is 0 Å². The smallest absolute Gasteiger partial charge is 0.0584 e. The maximum Gasteiger partial charge on any atom is 0.0584 e. The number of hydrogen-bond acceptors (Lipinski definition) is 2. The molecule has 1 unspecified atom stereocenters. The zero-order valence-electron chi connectivity index (χ0n) is 11.6. The number of hydrogen-bond donors (Lipinski definition) is 1. The molecule has 2 aromatic carbocycles. The second-order valence-corrected chi connectivity index (χ2v) is 6.77. The van der Waals surface area contributed by atoms with Gasteiger partial charge in [0, 0.05) is 28.9 Å². The normalized spacial score (nSPS) is 22.8. The molecule has 0 spiro atoms. The first kappa shape index (κ1) is 13.9. The van der Waals surface area contributed by atoms with Gasteiger partial charge in [0.1, 0.15) is 0 Å². The number of halogens is 1. The third-order valence-corrected chi connectivity index (χ3v) is 4.73. The Labute approximate surface area is 134 Å². The fourth-order valence-corrected chi connectivity index (χ4v) is 3.21. The van der Waals surface area contributed by atoms with Crippen LogP contribution in [-0.4, -0.2) is 19.6 Å². The highest BCUT2D eigenvalue weighted by Gasteiger charge is 2.32. The van der Waals surface area contributed by atoms with Crippen LogP contribution in [0, 0.1) is 3.57 Å². The van der Waals surface area contributed by atoms with E-state index < -0.39 is 0 Å². The van der Waals surface area contributed by atoms with Crippen molar-refractivity contribution in [2.45, 2.75) is 12.5 Å². The number of rotatable bonds is 2. The summed E-state index contributed by atoms with van der Waals surface area (Å²) in [5, 5.41) is 3.68. The van der Waals surface area contributed by atoms with Crippen LogP contribution in [0.25, 0.3) is 0 Å². The van der Waals surface area contributed by atoms with E-state index >= 15 is 0 Å². The fraction of sp³-hybridized carbons (Fsp3) is 0.294. The molecule has 0 aromatic heterocycles. The number of nitrogens with zero attached hydrogens (tertiary/aromatic N) is 1. The monoisotopic (exact) mass is 378 g/mol. The van der Waals surface area contributed by atoms with Gasteiger partial charge in [0.25, 0.3) is 0 Å². The predicted octanol–water partition coefficient (Wildman–Crippen LogP) is 3.62. The minimum atomic E-state index is 0.0164. The minimum absolute atomic E-state index is 0.0164. The fourth-order valence-electron chi connectivity index (χ4n) is 2.86. The number of benzene rings is 2. The Hall–Kier alpha value is -1.07. The Morgan fingerprint density at radius 1 is 1.05 bits per heavy atom. The van der Waals surface area contributed by atoms with Gasteiger partial charge in [-0.1, -0.05) is 30.3 Å². The van der Waals surface area contributed by atoms with Crippen LogP contribution < -0.4 is 10.2 Å². The first-order valence-corrected chi connectivity index (χ1v) is 8.06. The Kier molecular flexibility index (Phi) is 3.98. The van der Waals surface area contributed by atoms with Crippen LogP contribution >= 0.6 is 22.6 Å². The predicted molar refractivity (Wildman–Crippen MR) is 93.2 cm³/mol. The molecule has 0 amide bonds. The van der Waals surface area contributed by atoms with Gasteiger partial charge in [-0.25, -0.2) is 0 Å². The van der Waals surface area contributed by atoms with Crippen LogP contribution in [0.5, 0.6) is 0 Å². The van der Waals surface area contributed by atoms with E-state index in [2.05, 4.69) is 94.3 Å². The lowest BCUT2D eigenvalue weighted by atomic mass is 9.89. The molecule has 1 aliphatic rings. The average molecular weight is 378 g/mol. The molecule has 2 nitrogen and oxygen atoms in total. The van der Waals surface area contributed by atoms with Crippen molar-refractivity contribution in [2.24, 2.45) is 0 Å². The summed E-state index contributed by atoms with van der Waals surface area (Å²) in [7, 11) is 0.